The number of nitrogens with zero attached hydrogens (tertiary/aromatic N) is 3. The van der Waals surface area contributed by atoms with E-state index in [1.807, 2.05) is 45.0 Å². The van der Waals surface area contributed by atoms with Crippen LogP contribution >= 0.6 is 0 Å². The number of anilines is 2. The molecule has 0 saturated carbocycles. The highest BCUT2D eigenvalue weighted by molar-refractivity contribution is 6.07. The van der Waals surface area contributed by atoms with Gasteiger partial charge in [0.1, 0.15) is 5.70 Å². The SMILES string of the molecule is C/C=C(\N=C(C)C1CCN(C(=O)C#CCC)CC1)C(=O)Nc1ccccc1N1CCOCC1. The summed E-state index contributed by atoms with van der Waals surface area (Å²) in [5, 5.41) is 3.04. The molecule has 1 aromatic carbocycles. The predicted molar refractivity (Wildman–Crippen MR) is 132 cm³/mol. The average Bonchev–Trinajstić information content (AvgIpc) is 2.86. The predicted octanol–water partition coefficient (Wildman–Crippen LogP) is 3.48. The van der Waals surface area contributed by atoms with Crippen molar-refractivity contribution in [2.24, 2.45) is 10.9 Å². The maximum Gasteiger partial charge on any atom is 0.298 e. The number of para-hydroxylation sites is 2. The summed E-state index contributed by atoms with van der Waals surface area (Å²) in [6.07, 6.45) is 4.08. The summed E-state index contributed by atoms with van der Waals surface area (Å²) in [6.45, 7) is 10.0. The Balaban J connectivity index is 1.63. The average molecular weight is 451 g/mol. The highest BCUT2D eigenvalue weighted by Gasteiger charge is 2.24. The van der Waals surface area contributed by atoms with Crippen molar-refractivity contribution in [3.8, 4) is 11.8 Å². The Hall–Kier alpha value is -3.11. The molecular weight excluding hydrogens is 416 g/mol. The minimum atomic E-state index is -0.222. The number of benzene rings is 1. The highest BCUT2D eigenvalue weighted by Crippen LogP contribution is 2.27. The second kappa shape index (κ2) is 12.2. The first-order valence-electron chi connectivity index (χ1n) is 11.8. The number of aliphatic imine (C=N–C) groups is 1. The number of piperidine rings is 1. The Morgan fingerprint density at radius 3 is 2.55 bits per heavy atom. The number of morpholine rings is 1. The third kappa shape index (κ3) is 6.69. The Labute approximate surface area is 196 Å². The normalized spacial score (nSPS) is 17.9. The highest BCUT2D eigenvalue weighted by atomic mass is 16.5. The molecule has 0 aliphatic carbocycles. The largest absolute Gasteiger partial charge is 0.378 e. The fourth-order valence-corrected chi connectivity index (χ4v) is 4.12. The number of nitrogens with one attached hydrogen (secondary N) is 1. The molecule has 0 aromatic heterocycles. The van der Waals surface area contributed by atoms with E-state index in [9.17, 15) is 9.59 Å². The number of carbonyl (C=O) groups excluding carboxylic acids is 2. The molecule has 2 fully saturated rings. The summed E-state index contributed by atoms with van der Waals surface area (Å²) in [4.78, 5) is 33.9. The number of amides is 2. The second-order valence-corrected chi connectivity index (χ2v) is 8.22. The van der Waals surface area contributed by atoms with Crippen LogP contribution < -0.4 is 10.2 Å². The summed E-state index contributed by atoms with van der Waals surface area (Å²) >= 11 is 0. The van der Waals surface area contributed by atoms with E-state index in [4.69, 9.17) is 4.74 Å². The molecule has 0 unspecified atom stereocenters. The molecule has 2 aliphatic rings. The van der Waals surface area contributed by atoms with Crippen LogP contribution in [-0.4, -0.2) is 61.8 Å². The van der Waals surface area contributed by atoms with Crippen LogP contribution in [0.25, 0.3) is 0 Å². The monoisotopic (exact) mass is 450 g/mol. The van der Waals surface area contributed by atoms with Crippen molar-refractivity contribution >= 4 is 28.9 Å². The molecular formula is C26H34N4O3. The van der Waals surface area contributed by atoms with Crippen LogP contribution in [0.4, 0.5) is 11.4 Å². The van der Waals surface area contributed by atoms with Crippen LogP contribution in [0.5, 0.6) is 0 Å². The lowest BCUT2D eigenvalue weighted by Gasteiger charge is -2.31. The zero-order valence-electron chi connectivity index (χ0n) is 19.9. The molecule has 33 heavy (non-hydrogen) atoms. The molecule has 1 aromatic rings. The molecule has 2 saturated heterocycles. The van der Waals surface area contributed by atoms with Crippen LogP contribution in [0, 0.1) is 17.8 Å². The van der Waals surface area contributed by atoms with Crippen molar-refractivity contribution in [1.82, 2.24) is 4.90 Å². The molecule has 2 amide bonds. The van der Waals surface area contributed by atoms with Gasteiger partial charge in [0, 0.05) is 44.2 Å². The number of allylic oxidation sites excluding steroid dienone is 1. The second-order valence-electron chi connectivity index (χ2n) is 8.22. The van der Waals surface area contributed by atoms with Gasteiger partial charge in [0.25, 0.3) is 11.8 Å². The van der Waals surface area contributed by atoms with Gasteiger partial charge in [-0.05, 0) is 44.7 Å². The van der Waals surface area contributed by atoms with Crippen LogP contribution in [0.3, 0.4) is 0 Å². The van der Waals surface area contributed by atoms with Crippen LogP contribution in [-0.2, 0) is 14.3 Å². The minimum Gasteiger partial charge on any atom is -0.378 e. The molecule has 0 atom stereocenters. The fourth-order valence-electron chi connectivity index (χ4n) is 4.12. The topological polar surface area (TPSA) is 74.2 Å². The van der Waals surface area contributed by atoms with Gasteiger partial charge >= 0.3 is 0 Å². The van der Waals surface area contributed by atoms with Crippen LogP contribution in [0.1, 0.15) is 40.0 Å². The summed E-state index contributed by atoms with van der Waals surface area (Å²) in [7, 11) is 0. The van der Waals surface area contributed by atoms with Gasteiger partial charge in [-0.25, -0.2) is 0 Å². The summed E-state index contributed by atoms with van der Waals surface area (Å²) < 4.78 is 5.45. The van der Waals surface area contributed by atoms with Gasteiger partial charge < -0.3 is 19.9 Å². The third-order valence-corrected chi connectivity index (χ3v) is 6.05. The fraction of sp³-hybridized carbons (Fsp3) is 0.500. The molecule has 2 heterocycles. The smallest absolute Gasteiger partial charge is 0.298 e. The van der Waals surface area contributed by atoms with Crippen molar-refractivity contribution in [3.63, 3.8) is 0 Å². The molecule has 2 aliphatic heterocycles. The van der Waals surface area contributed by atoms with Crippen molar-refractivity contribution in [2.45, 2.75) is 40.0 Å². The van der Waals surface area contributed by atoms with Gasteiger partial charge in [0.05, 0.1) is 24.6 Å². The van der Waals surface area contributed by atoms with Gasteiger partial charge in [-0.2, -0.15) is 0 Å². The quantitative estimate of drug-likeness (QED) is 0.423. The molecule has 176 valence electrons. The Kier molecular flexibility index (Phi) is 9.08. The van der Waals surface area contributed by atoms with E-state index in [1.165, 1.54) is 0 Å². The van der Waals surface area contributed by atoms with Crippen molar-refractivity contribution in [2.75, 3.05) is 49.6 Å². The van der Waals surface area contributed by atoms with Gasteiger partial charge in [-0.15, -0.1) is 0 Å². The summed E-state index contributed by atoms with van der Waals surface area (Å²) in [5.74, 6) is 5.46. The molecule has 0 spiro atoms. The first-order valence-corrected chi connectivity index (χ1v) is 11.8. The van der Waals surface area contributed by atoms with Crippen molar-refractivity contribution in [1.29, 1.82) is 0 Å². The molecule has 7 nitrogen and oxygen atoms in total. The molecule has 7 heteroatoms. The van der Waals surface area contributed by atoms with Crippen LogP contribution in [0.2, 0.25) is 0 Å². The van der Waals surface area contributed by atoms with E-state index in [1.54, 1.807) is 11.0 Å². The summed E-state index contributed by atoms with van der Waals surface area (Å²) in [5.41, 5.74) is 3.09. The lowest BCUT2D eigenvalue weighted by molar-refractivity contribution is -0.126. The van der Waals surface area contributed by atoms with E-state index < -0.39 is 0 Å². The zero-order chi connectivity index (χ0) is 23.6. The first kappa shape index (κ1) is 24.5. The number of hydrogen-bond donors (Lipinski definition) is 1. The molecule has 3 rings (SSSR count). The Morgan fingerprint density at radius 1 is 1.18 bits per heavy atom. The minimum absolute atomic E-state index is 0.0997. The Bertz CT molecular complexity index is 959. The van der Waals surface area contributed by atoms with Gasteiger partial charge in [0.15, 0.2) is 0 Å². The van der Waals surface area contributed by atoms with E-state index in [2.05, 4.69) is 27.0 Å². The first-order chi connectivity index (χ1) is 16.0. The maximum atomic E-state index is 13.0. The Morgan fingerprint density at radius 2 is 1.88 bits per heavy atom. The van der Waals surface area contributed by atoms with Crippen LogP contribution in [0.15, 0.2) is 41.0 Å². The van der Waals surface area contributed by atoms with E-state index in [-0.39, 0.29) is 17.7 Å². The number of rotatable bonds is 5. The van der Waals surface area contributed by atoms with Crippen molar-refractivity contribution < 1.29 is 14.3 Å². The van der Waals surface area contributed by atoms with E-state index in [0.717, 1.165) is 43.0 Å². The van der Waals surface area contributed by atoms with Gasteiger partial charge in [-0.3, -0.25) is 14.6 Å². The number of carbonyl (C=O) groups is 2. The molecule has 0 radical (unpaired) electrons. The van der Waals surface area contributed by atoms with E-state index in [0.29, 0.717) is 38.4 Å². The van der Waals surface area contributed by atoms with E-state index >= 15 is 0 Å². The number of hydrogen-bond acceptors (Lipinski definition) is 5. The molecule has 1 N–H and O–H groups in total. The molecule has 0 bridgehead atoms. The third-order valence-electron chi connectivity index (χ3n) is 6.05. The van der Waals surface area contributed by atoms with Gasteiger partial charge in [-0.1, -0.05) is 31.1 Å². The zero-order valence-corrected chi connectivity index (χ0v) is 19.9. The maximum absolute atomic E-state index is 13.0. The lowest BCUT2D eigenvalue weighted by atomic mass is 9.92. The summed E-state index contributed by atoms with van der Waals surface area (Å²) in [6, 6.07) is 7.83. The number of ether oxygens (including phenoxy) is 1. The van der Waals surface area contributed by atoms with Gasteiger partial charge in [0.2, 0.25) is 0 Å². The number of likely N-dealkylation sites (tertiary alicyclic amines) is 1. The van der Waals surface area contributed by atoms with Crippen molar-refractivity contribution in [3.05, 3.63) is 36.0 Å². The standard InChI is InChI=1S/C26H34N4O3/c1-4-6-11-25(31)30-14-12-21(13-15-30)20(3)27-22(5-2)26(32)28-23-9-7-8-10-24(23)29-16-18-33-19-17-29/h5,7-10,21H,4,12-19H2,1-3H3,(H,28,32)/b22-5-,27-20?. The lowest BCUT2D eigenvalue weighted by Crippen LogP contribution is -2.39.